The minimum Gasteiger partial charge on any atom is -0.367 e. The lowest BCUT2D eigenvalue weighted by Crippen LogP contribution is -2.27. The highest BCUT2D eigenvalue weighted by Crippen LogP contribution is 2.21. The predicted molar refractivity (Wildman–Crippen MR) is 51.6 cm³/mol. The first-order chi connectivity index (χ1) is 6.33. The monoisotopic (exact) mass is 184 g/mol. The second-order valence-electron chi connectivity index (χ2n) is 3.26. The van der Waals surface area contributed by atoms with E-state index in [0.29, 0.717) is 5.92 Å². The molecule has 0 amide bonds. The summed E-state index contributed by atoms with van der Waals surface area (Å²) in [5.41, 5.74) is 6.88. The number of guanidine groups is 1. The fourth-order valence-corrected chi connectivity index (χ4v) is 1.50. The molecule has 1 aliphatic rings. The van der Waals surface area contributed by atoms with Gasteiger partial charge in [-0.15, -0.1) is 5.10 Å². The summed E-state index contributed by atoms with van der Waals surface area (Å²) in [5.74, 6) is 0.455. The summed E-state index contributed by atoms with van der Waals surface area (Å²) in [5, 5.41) is 15.6. The number of hydrogen-bond donors (Lipinski definition) is 3. The number of nitrogens with two attached hydrogens (primary N) is 1. The van der Waals surface area contributed by atoms with Crippen LogP contribution >= 0.6 is 0 Å². The third-order valence-corrected chi connectivity index (χ3v) is 2.21. The van der Waals surface area contributed by atoms with Gasteiger partial charge in [-0.2, -0.15) is 5.10 Å². The van der Waals surface area contributed by atoms with Gasteiger partial charge in [-0.05, 0) is 18.8 Å². The van der Waals surface area contributed by atoms with Gasteiger partial charge in [-0.3, -0.25) is 5.21 Å². The lowest BCUT2D eigenvalue weighted by atomic mass is 9.90. The van der Waals surface area contributed by atoms with Crippen molar-refractivity contribution < 1.29 is 5.21 Å². The molecule has 1 aliphatic carbocycles. The molecule has 5 nitrogen and oxygen atoms in total. The number of rotatable bonds is 2. The SMILES string of the molecule is NC(=N/N=C/C1CCCCC1)NO. The van der Waals surface area contributed by atoms with Crippen LogP contribution in [0, 0.1) is 5.92 Å². The average molecular weight is 184 g/mol. The van der Waals surface area contributed by atoms with Crippen LogP contribution in [0.3, 0.4) is 0 Å². The van der Waals surface area contributed by atoms with E-state index < -0.39 is 0 Å². The van der Waals surface area contributed by atoms with E-state index in [0.717, 1.165) is 0 Å². The molecule has 0 aromatic carbocycles. The molecule has 0 saturated heterocycles. The summed E-state index contributed by atoms with van der Waals surface area (Å²) in [6, 6.07) is 0. The molecule has 0 spiro atoms. The summed E-state index contributed by atoms with van der Waals surface area (Å²) in [6.07, 6.45) is 8.05. The Kier molecular flexibility index (Phi) is 4.25. The van der Waals surface area contributed by atoms with E-state index in [9.17, 15) is 0 Å². The molecule has 0 aromatic rings. The number of nitrogens with zero attached hydrogens (tertiary/aromatic N) is 2. The molecule has 0 aromatic heterocycles. The molecule has 13 heavy (non-hydrogen) atoms. The molecule has 0 heterocycles. The molecule has 0 atom stereocenters. The Balaban J connectivity index is 2.29. The average Bonchev–Trinajstić information content (AvgIpc) is 2.19. The van der Waals surface area contributed by atoms with Crippen LogP contribution in [0.25, 0.3) is 0 Å². The fourth-order valence-electron chi connectivity index (χ4n) is 1.50. The molecular formula is C8H16N4O. The van der Waals surface area contributed by atoms with Gasteiger partial charge in [0, 0.05) is 6.21 Å². The summed E-state index contributed by atoms with van der Waals surface area (Å²) in [7, 11) is 0. The third-order valence-electron chi connectivity index (χ3n) is 2.21. The Morgan fingerprint density at radius 2 is 2.08 bits per heavy atom. The Morgan fingerprint density at radius 3 is 2.69 bits per heavy atom. The zero-order chi connectivity index (χ0) is 9.52. The van der Waals surface area contributed by atoms with E-state index in [1.165, 1.54) is 32.1 Å². The highest BCUT2D eigenvalue weighted by molar-refractivity contribution is 5.77. The molecule has 1 fully saturated rings. The molecule has 74 valence electrons. The highest BCUT2D eigenvalue weighted by Gasteiger charge is 2.10. The second kappa shape index (κ2) is 5.53. The van der Waals surface area contributed by atoms with E-state index in [-0.39, 0.29) is 5.96 Å². The lowest BCUT2D eigenvalue weighted by molar-refractivity contribution is 0.232. The smallest absolute Gasteiger partial charge is 0.237 e. The Morgan fingerprint density at radius 1 is 1.38 bits per heavy atom. The summed E-state index contributed by atoms with van der Waals surface area (Å²) in [4.78, 5) is 0. The molecule has 1 saturated carbocycles. The van der Waals surface area contributed by atoms with Crippen molar-refractivity contribution in [2.45, 2.75) is 32.1 Å². The van der Waals surface area contributed by atoms with Crippen LogP contribution < -0.4 is 11.2 Å². The maximum atomic E-state index is 8.29. The predicted octanol–water partition coefficient (Wildman–Crippen LogP) is 0.846. The van der Waals surface area contributed by atoms with Gasteiger partial charge in [0.05, 0.1) is 0 Å². The van der Waals surface area contributed by atoms with E-state index in [1.54, 1.807) is 5.48 Å². The zero-order valence-electron chi connectivity index (χ0n) is 7.61. The van der Waals surface area contributed by atoms with Crippen LogP contribution in [-0.2, 0) is 0 Å². The Hall–Kier alpha value is -1.10. The molecule has 0 bridgehead atoms. The quantitative estimate of drug-likeness (QED) is 0.338. The molecule has 5 heteroatoms. The minimum atomic E-state index is -0.0768. The lowest BCUT2D eigenvalue weighted by Gasteiger charge is -2.16. The summed E-state index contributed by atoms with van der Waals surface area (Å²) >= 11 is 0. The zero-order valence-corrected chi connectivity index (χ0v) is 7.61. The maximum absolute atomic E-state index is 8.29. The van der Waals surface area contributed by atoms with Gasteiger partial charge < -0.3 is 5.73 Å². The minimum absolute atomic E-state index is 0.0768. The molecule has 0 aliphatic heterocycles. The van der Waals surface area contributed by atoms with E-state index in [1.807, 2.05) is 6.21 Å². The van der Waals surface area contributed by atoms with Crippen molar-refractivity contribution in [2.24, 2.45) is 21.9 Å². The largest absolute Gasteiger partial charge is 0.367 e. The van der Waals surface area contributed by atoms with Crippen LogP contribution in [0.1, 0.15) is 32.1 Å². The number of nitrogens with one attached hydrogen (secondary N) is 1. The van der Waals surface area contributed by atoms with Crippen LogP contribution in [0.5, 0.6) is 0 Å². The molecular weight excluding hydrogens is 168 g/mol. The maximum Gasteiger partial charge on any atom is 0.237 e. The first-order valence-corrected chi connectivity index (χ1v) is 4.59. The van der Waals surface area contributed by atoms with Crippen molar-refractivity contribution in [3.8, 4) is 0 Å². The topological polar surface area (TPSA) is 83.0 Å². The molecule has 0 radical (unpaired) electrons. The van der Waals surface area contributed by atoms with Gasteiger partial charge in [0.25, 0.3) is 0 Å². The number of hydrogen-bond acceptors (Lipinski definition) is 3. The van der Waals surface area contributed by atoms with Crippen molar-refractivity contribution in [3.63, 3.8) is 0 Å². The van der Waals surface area contributed by atoms with Crippen molar-refractivity contribution in [2.75, 3.05) is 0 Å². The van der Waals surface area contributed by atoms with Gasteiger partial charge in [-0.1, -0.05) is 19.3 Å². The van der Waals surface area contributed by atoms with E-state index >= 15 is 0 Å². The van der Waals surface area contributed by atoms with Gasteiger partial charge in [0.15, 0.2) is 0 Å². The Bertz CT molecular complexity index is 196. The fraction of sp³-hybridized carbons (Fsp3) is 0.750. The molecule has 4 N–H and O–H groups in total. The highest BCUT2D eigenvalue weighted by atomic mass is 16.5. The van der Waals surface area contributed by atoms with Crippen molar-refractivity contribution in [3.05, 3.63) is 0 Å². The normalized spacial score (nSPS) is 20.8. The van der Waals surface area contributed by atoms with Crippen LogP contribution in [0.2, 0.25) is 0 Å². The van der Waals surface area contributed by atoms with Crippen molar-refractivity contribution in [1.29, 1.82) is 0 Å². The standard InChI is InChI=1S/C8H16N4O/c9-8(12-13)11-10-6-7-4-2-1-3-5-7/h6-7,13H,1-5H2,(H3,9,11,12)/b10-6+. The summed E-state index contributed by atoms with van der Waals surface area (Å²) in [6.45, 7) is 0. The van der Waals surface area contributed by atoms with Gasteiger partial charge in [0.2, 0.25) is 5.96 Å². The third kappa shape index (κ3) is 3.89. The van der Waals surface area contributed by atoms with Crippen LogP contribution in [0.15, 0.2) is 10.2 Å². The van der Waals surface area contributed by atoms with Gasteiger partial charge in [0.1, 0.15) is 0 Å². The van der Waals surface area contributed by atoms with Crippen molar-refractivity contribution in [1.82, 2.24) is 5.48 Å². The van der Waals surface area contributed by atoms with Crippen LogP contribution in [-0.4, -0.2) is 17.4 Å². The van der Waals surface area contributed by atoms with Gasteiger partial charge >= 0.3 is 0 Å². The first kappa shape index (κ1) is 9.98. The van der Waals surface area contributed by atoms with Gasteiger partial charge in [-0.25, -0.2) is 5.48 Å². The van der Waals surface area contributed by atoms with Crippen molar-refractivity contribution >= 4 is 12.2 Å². The number of hydroxylamine groups is 1. The van der Waals surface area contributed by atoms with Crippen LogP contribution in [0.4, 0.5) is 0 Å². The first-order valence-electron chi connectivity index (χ1n) is 4.59. The summed E-state index contributed by atoms with van der Waals surface area (Å²) < 4.78 is 0. The van der Waals surface area contributed by atoms with E-state index in [4.69, 9.17) is 10.9 Å². The molecule has 1 rings (SSSR count). The second-order valence-corrected chi connectivity index (χ2v) is 3.26. The Labute approximate surface area is 77.7 Å². The van der Waals surface area contributed by atoms with E-state index in [2.05, 4.69) is 10.2 Å². The molecule has 0 unspecified atom stereocenters.